The maximum Gasteiger partial charge on any atom is 0.326 e. The second kappa shape index (κ2) is 6.15. The number of amides is 3. The van der Waals surface area contributed by atoms with Crippen molar-refractivity contribution in [2.24, 2.45) is 0 Å². The first-order valence-corrected chi connectivity index (χ1v) is 9.00. The van der Waals surface area contributed by atoms with E-state index in [9.17, 15) is 9.59 Å². The normalized spacial score (nSPS) is 17.8. The fraction of sp³-hybridized carbons (Fsp3) is 0.211. The number of carbonyl (C=O) groups is 2. The molecule has 5 rings (SSSR count). The quantitative estimate of drug-likeness (QED) is 0.474. The minimum atomic E-state index is -0.543. The lowest BCUT2D eigenvalue weighted by Gasteiger charge is -2.09. The molecule has 1 saturated carbocycles. The van der Waals surface area contributed by atoms with Gasteiger partial charge in [-0.05, 0) is 31.9 Å². The fourth-order valence-electron chi connectivity index (χ4n) is 3.05. The van der Waals surface area contributed by atoms with Crippen LogP contribution in [-0.4, -0.2) is 37.6 Å². The molecule has 9 heteroatoms. The summed E-state index contributed by atoms with van der Waals surface area (Å²) in [7, 11) is 0. The Bertz CT molecular complexity index is 1160. The van der Waals surface area contributed by atoms with Gasteiger partial charge in [-0.2, -0.15) is 14.6 Å². The number of imide groups is 1. The summed E-state index contributed by atoms with van der Waals surface area (Å²) in [5.41, 5.74) is 3.33. The Hall–Kier alpha value is -3.75. The van der Waals surface area contributed by atoms with E-state index in [1.54, 1.807) is 16.8 Å². The number of rotatable bonds is 4. The van der Waals surface area contributed by atoms with Crippen LogP contribution in [0.3, 0.4) is 0 Å². The molecule has 3 N–H and O–H groups in total. The van der Waals surface area contributed by atoms with Crippen molar-refractivity contribution in [3.63, 3.8) is 0 Å². The smallest absolute Gasteiger partial charge is 0.326 e. The predicted octanol–water partition coefficient (Wildman–Crippen LogP) is 1.85. The fourth-order valence-corrected chi connectivity index (χ4v) is 3.05. The summed E-state index contributed by atoms with van der Waals surface area (Å²) in [5, 5.41) is 12.4. The van der Waals surface area contributed by atoms with Gasteiger partial charge in [0.25, 0.3) is 5.91 Å². The third-order valence-corrected chi connectivity index (χ3v) is 4.60. The van der Waals surface area contributed by atoms with Gasteiger partial charge in [0.05, 0.1) is 6.20 Å². The Morgan fingerprint density at radius 1 is 1.21 bits per heavy atom. The molecule has 2 aliphatic rings. The maximum atomic E-state index is 11.9. The van der Waals surface area contributed by atoms with Crippen LogP contribution in [0.1, 0.15) is 24.0 Å². The number of aryl methyl sites for hydroxylation is 1. The van der Waals surface area contributed by atoms with Gasteiger partial charge in [0.15, 0.2) is 11.5 Å². The second-order valence-electron chi connectivity index (χ2n) is 6.96. The molecule has 0 atom stereocenters. The van der Waals surface area contributed by atoms with Gasteiger partial charge < -0.3 is 10.6 Å². The van der Waals surface area contributed by atoms with E-state index >= 15 is 0 Å². The third-order valence-electron chi connectivity index (χ3n) is 4.60. The van der Waals surface area contributed by atoms with E-state index in [-0.39, 0.29) is 5.70 Å². The van der Waals surface area contributed by atoms with E-state index in [1.165, 1.54) is 0 Å². The molecule has 9 nitrogen and oxygen atoms in total. The largest absolute Gasteiger partial charge is 0.351 e. The van der Waals surface area contributed by atoms with E-state index < -0.39 is 11.9 Å². The van der Waals surface area contributed by atoms with Crippen LogP contribution in [0, 0.1) is 6.92 Å². The number of benzene rings is 1. The first kappa shape index (κ1) is 16.4. The zero-order valence-corrected chi connectivity index (χ0v) is 15.1. The molecular formula is C19H17N7O2. The van der Waals surface area contributed by atoms with Crippen molar-refractivity contribution < 1.29 is 9.59 Å². The monoisotopic (exact) mass is 375 g/mol. The molecule has 28 heavy (non-hydrogen) atoms. The van der Waals surface area contributed by atoms with Gasteiger partial charge in [-0.1, -0.05) is 23.8 Å². The lowest BCUT2D eigenvalue weighted by molar-refractivity contribution is -0.115. The molecule has 0 spiro atoms. The first-order chi connectivity index (χ1) is 13.6. The zero-order chi connectivity index (χ0) is 19.3. The highest BCUT2D eigenvalue weighted by Crippen LogP contribution is 2.27. The van der Waals surface area contributed by atoms with Crippen molar-refractivity contribution in [1.82, 2.24) is 30.2 Å². The minimum absolute atomic E-state index is 0.160. The van der Waals surface area contributed by atoms with Crippen LogP contribution in [0.25, 0.3) is 23.1 Å². The number of nitrogens with one attached hydrogen (secondary N) is 3. The molecule has 140 valence electrons. The van der Waals surface area contributed by atoms with Crippen LogP contribution in [0.4, 0.5) is 10.7 Å². The molecule has 0 radical (unpaired) electrons. The molecule has 2 aromatic heterocycles. The van der Waals surface area contributed by atoms with E-state index in [1.807, 2.05) is 31.2 Å². The highest BCUT2D eigenvalue weighted by atomic mass is 16.2. The first-order valence-electron chi connectivity index (χ1n) is 9.00. The lowest BCUT2D eigenvalue weighted by atomic mass is 10.1. The summed E-state index contributed by atoms with van der Waals surface area (Å²) in [6, 6.07) is 7.80. The molecule has 3 amide bonds. The Morgan fingerprint density at radius 2 is 2.07 bits per heavy atom. The molecule has 3 heterocycles. The Morgan fingerprint density at radius 3 is 2.79 bits per heavy atom. The van der Waals surface area contributed by atoms with Crippen LogP contribution < -0.4 is 16.0 Å². The van der Waals surface area contributed by atoms with Crippen LogP contribution in [0.5, 0.6) is 0 Å². The summed E-state index contributed by atoms with van der Waals surface area (Å²) in [4.78, 5) is 32.6. The van der Waals surface area contributed by atoms with Gasteiger partial charge in [0.1, 0.15) is 5.70 Å². The average Bonchev–Trinajstić information content (AvgIpc) is 3.30. The molecule has 0 bridgehead atoms. The number of nitrogens with zero attached hydrogens (tertiary/aromatic N) is 4. The Kier molecular flexibility index (Phi) is 3.61. The number of urea groups is 1. The molecule has 0 unspecified atom stereocenters. The number of anilines is 1. The topological polar surface area (TPSA) is 113 Å². The Labute approximate surface area is 159 Å². The van der Waals surface area contributed by atoms with Crippen molar-refractivity contribution >= 4 is 29.6 Å². The molecule has 1 aliphatic heterocycles. The molecule has 1 saturated heterocycles. The van der Waals surface area contributed by atoms with Gasteiger partial charge in [-0.15, -0.1) is 0 Å². The summed E-state index contributed by atoms with van der Waals surface area (Å²) < 4.78 is 1.62. The molecular weight excluding hydrogens is 358 g/mol. The predicted molar refractivity (Wildman–Crippen MR) is 102 cm³/mol. The van der Waals surface area contributed by atoms with Crippen molar-refractivity contribution in [2.45, 2.75) is 25.8 Å². The van der Waals surface area contributed by atoms with Gasteiger partial charge in [0, 0.05) is 17.2 Å². The number of hydrogen-bond acceptors (Lipinski definition) is 6. The van der Waals surface area contributed by atoms with Gasteiger partial charge in [0.2, 0.25) is 5.95 Å². The average molecular weight is 375 g/mol. The molecule has 2 fully saturated rings. The summed E-state index contributed by atoms with van der Waals surface area (Å²) in [5.74, 6) is 0.696. The highest BCUT2D eigenvalue weighted by Gasteiger charge is 2.26. The van der Waals surface area contributed by atoms with Crippen LogP contribution in [0.15, 0.2) is 36.2 Å². The molecule has 3 aromatic rings. The van der Waals surface area contributed by atoms with E-state index in [0.29, 0.717) is 29.0 Å². The number of aromatic nitrogens is 4. The van der Waals surface area contributed by atoms with Gasteiger partial charge in [-0.25, -0.2) is 9.78 Å². The van der Waals surface area contributed by atoms with Crippen LogP contribution in [-0.2, 0) is 4.79 Å². The SMILES string of the molecule is Cc1cccc(-c2nc(NC3CC3)n3ncc(/C=C4\NC(=O)NC4=O)c3n2)c1. The number of hydrogen-bond donors (Lipinski definition) is 3. The Balaban J connectivity index is 1.66. The van der Waals surface area contributed by atoms with Crippen molar-refractivity contribution in [3.8, 4) is 11.4 Å². The highest BCUT2D eigenvalue weighted by molar-refractivity contribution is 6.14. The second-order valence-corrected chi connectivity index (χ2v) is 6.96. The van der Waals surface area contributed by atoms with E-state index in [4.69, 9.17) is 0 Å². The van der Waals surface area contributed by atoms with Crippen LogP contribution in [0.2, 0.25) is 0 Å². The van der Waals surface area contributed by atoms with Crippen LogP contribution >= 0.6 is 0 Å². The number of fused-ring (bicyclic) bond motifs is 1. The minimum Gasteiger partial charge on any atom is -0.351 e. The maximum absolute atomic E-state index is 11.9. The van der Waals surface area contributed by atoms with Crippen molar-refractivity contribution in [1.29, 1.82) is 0 Å². The summed E-state index contributed by atoms with van der Waals surface area (Å²) in [6.07, 6.45) is 5.36. The van der Waals surface area contributed by atoms with Gasteiger partial charge in [-0.3, -0.25) is 10.1 Å². The summed E-state index contributed by atoms with van der Waals surface area (Å²) in [6.45, 7) is 2.02. The molecule has 1 aliphatic carbocycles. The number of carbonyl (C=O) groups excluding carboxylic acids is 2. The zero-order valence-electron chi connectivity index (χ0n) is 15.1. The van der Waals surface area contributed by atoms with Crippen molar-refractivity contribution in [2.75, 3.05) is 5.32 Å². The summed E-state index contributed by atoms with van der Waals surface area (Å²) >= 11 is 0. The lowest BCUT2D eigenvalue weighted by Crippen LogP contribution is -2.22. The third kappa shape index (κ3) is 2.96. The van der Waals surface area contributed by atoms with E-state index in [0.717, 1.165) is 24.0 Å². The molecule has 1 aromatic carbocycles. The van der Waals surface area contributed by atoms with E-state index in [2.05, 4.69) is 31.0 Å². The van der Waals surface area contributed by atoms with Gasteiger partial charge >= 0.3 is 6.03 Å². The standard InChI is InChI=1S/C19H17N7O2/c1-10-3-2-4-11(7-10)15-23-16-12(8-14-17(27)25-19(28)22-14)9-20-26(16)18(24-15)21-13-5-6-13/h2-4,7-9,13H,5-6H2,1H3,(H,21,23,24)(H2,22,25,27,28)/b14-8-. The van der Waals surface area contributed by atoms with Crippen molar-refractivity contribution in [3.05, 3.63) is 47.3 Å².